The Hall–Kier alpha value is -1.55. The Morgan fingerprint density at radius 3 is 2.47 bits per heavy atom. The number of rotatable bonds is 3. The maximum absolute atomic E-state index is 5.77. The van der Waals surface area contributed by atoms with Gasteiger partial charge in [-0.05, 0) is 54.9 Å². The van der Waals surface area contributed by atoms with Gasteiger partial charge < -0.3 is 10.1 Å². The number of aromatic nitrogens is 1. The molecule has 0 atom stereocenters. The van der Waals surface area contributed by atoms with Crippen LogP contribution in [0.15, 0.2) is 46.9 Å². The van der Waals surface area contributed by atoms with Crippen molar-refractivity contribution in [1.29, 1.82) is 0 Å². The predicted octanol–water partition coefficient (Wildman–Crippen LogP) is 4.85. The number of anilines is 1. The lowest BCUT2D eigenvalue weighted by molar-refractivity contribution is 0.460. The Morgan fingerprint density at radius 1 is 1.05 bits per heavy atom. The Kier molecular flexibility index (Phi) is 4.10. The molecule has 1 N–H and O–H groups in total. The van der Waals surface area contributed by atoms with Gasteiger partial charge in [0.2, 0.25) is 5.88 Å². The van der Waals surface area contributed by atoms with E-state index < -0.39 is 0 Å². The van der Waals surface area contributed by atoms with E-state index in [0.717, 1.165) is 16.0 Å². The van der Waals surface area contributed by atoms with Crippen molar-refractivity contribution in [3.8, 4) is 11.6 Å². The summed E-state index contributed by atoms with van der Waals surface area (Å²) in [6, 6.07) is 13.4. The Balaban J connectivity index is 2.18. The van der Waals surface area contributed by atoms with E-state index in [1.54, 1.807) is 0 Å². The van der Waals surface area contributed by atoms with Crippen molar-refractivity contribution in [3.63, 3.8) is 0 Å². The molecule has 2 rings (SSSR count). The van der Waals surface area contributed by atoms with Gasteiger partial charge in [-0.1, -0.05) is 18.2 Å². The van der Waals surface area contributed by atoms with Crippen LogP contribution in [-0.4, -0.2) is 10.5 Å². The van der Waals surface area contributed by atoms with Crippen molar-refractivity contribution in [2.75, 3.05) is 5.32 Å². The number of hydrogen-bond donors (Lipinski definition) is 1. The Morgan fingerprint density at radius 2 is 1.79 bits per heavy atom. The first-order valence-electron chi connectivity index (χ1n) is 6.12. The van der Waals surface area contributed by atoms with Crippen molar-refractivity contribution in [2.45, 2.75) is 26.3 Å². The van der Waals surface area contributed by atoms with Gasteiger partial charge in [-0.15, -0.1) is 0 Å². The second-order valence-corrected chi connectivity index (χ2v) is 6.12. The van der Waals surface area contributed by atoms with Gasteiger partial charge in [0, 0.05) is 11.6 Å². The molecule has 0 bridgehead atoms. The highest BCUT2D eigenvalue weighted by Crippen LogP contribution is 2.28. The number of hydrogen-bond acceptors (Lipinski definition) is 3. The van der Waals surface area contributed by atoms with Gasteiger partial charge in [-0.2, -0.15) is 4.98 Å². The fourth-order valence-corrected chi connectivity index (χ4v) is 1.93. The van der Waals surface area contributed by atoms with Crippen LogP contribution in [0.2, 0.25) is 0 Å². The molecule has 0 aliphatic heterocycles. The van der Waals surface area contributed by atoms with Gasteiger partial charge in [-0.3, -0.25) is 0 Å². The molecule has 0 saturated carbocycles. The van der Waals surface area contributed by atoms with Crippen LogP contribution in [0.25, 0.3) is 0 Å². The minimum Gasteiger partial charge on any atom is -0.438 e. The van der Waals surface area contributed by atoms with Crippen molar-refractivity contribution >= 4 is 21.7 Å². The fraction of sp³-hybridized carbons (Fsp3) is 0.267. The van der Waals surface area contributed by atoms with Crippen molar-refractivity contribution in [3.05, 3.63) is 46.9 Å². The normalized spacial score (nSPS) is 11.2. The molecule has 2 aromatic rings. The predicted molar refractivity (Wildman–Crippen MR) is 81.8 cm³/mol. The largest absolute Gasteiger partial charge is 0.438 e. The van der Waals surface area contributed by atoms with E-state index in [1.165, 1.54) is 0 Å². The van der Waals surface area contributed by atoms with Crippen molar-refractivity contribution in [2.24, 2.45) is 0 Å². The topological polar surface area (TPSA) is 34.1 Å². The highest BCUT2D eigenvalue weighted by molar-refractivity contribution is 9.10. The first kappa shape index (κ1) is 13.9. The molecule has 0 fully saturated rings. The molecule has 1 heterocycles. The van der Waals surface area contributed by atoms with Crippen molar-refractivity contribution < 1.29 is 4.74 Å². The lowest BCUT2D eigenvalue weighted by atomic mass is 10.1. The highest BCUT2D eigenvalue weighted by atomic mass is 79.9. The molecular formula is C15H17BrN2O. The minimum absolute atomic E-state index is 0.0288. The number of pyridine rings is 1. The third-order valence-corrected chi connectivity index (χ3v) is 2.93. The number of nitrogens with one attached hydrogen (secondary N) is 1. The lowest BCUT2D eigenvalue weighted by Gasteiger charge is -2.21. The van der Waals surface area contributed by atoms with E-state index in [-0.39, 0.29) is 5.54 Å². The van der Waals surface area contributed by atoms with Crippen molar-refractivity contribution in [1.82, 2.24) is 4.98 Å². The molecule has 19 heavy (non-hydrogen) atoms. The zero-order valence-electron chi connectivity index (χ0n) is 11.3. The number of para-hydroxylation sites is 1. The summed E-state index contributed by atoms with van der Waals surface area (Å²) in [5.41, 5.74) is -0.0288. The first-order chi connectivity index (χ1) is 8.94. The maximum atomic E-state index is 5.77. The molecule has 0 unspecified atom stereocenters. The third-order valence-electron chi connectivity index (χ3n) is 2.28. The maximum Gasteiger partial charge on any atom is 0.221 e. The number of halogens is 1. The summed E-state index contributed by atoms with van der Waals surface area (Å²) in [5, 5.41) is 3.32. The van der Waals surface area contributed by atoms with Gasteiger partial charge in [0.25, 0.3) is 0 Å². The third kappa shape index (κ3) is 4.24. The summed E-state index contributed by atoms with van der Waals surface area (Å²) >= 11 is 3.45. The van der Waals surface area contributed by atoms with Crippen LogP contribution in [0.1, 0.15) is 20.8 Å². The molecule has 100 valence electrons. The second-order valence-electron chi connectivity index (χ2n) is 5.27. The molecule has 0 radical (unpaired) electrons. The zero-order valence-corrected chi connectivity index (χ0v) is 12.9. The lowest BCUT2D eigenvalue weighted by Crippen LogP contribution is -2.26. The summed E-state index contributed by atoms with van der Waals surface area (Å²) in [6.07, 6.45) is 0. The molecule has 0 saturated heterocycles. The average Bonchev–Trinajstić information content (AvgIpc) is 2.30. The zero-order chi connectivity index (χ0) is 13.9. The van der Waals surface area contributed by atoms with E-state index in [4.69, 9.17) is 4.74 Å². The van der Waals surface area contributed by atoms with Crippen LogP contribution in [-0.2, 0) is 0 Å². The summed E-state index contributed by atoms with van der Waals surface area (Å²) in [7, 11) is 0. The number of ether oxygens (including phenoxy) is 1. The van der Waals surface area contributed by atoms with Gasteiger partial charge in [0.05, 0.1) is 4.47 Å². The monoisotopic (exact) mass is 320 g/mol. The van der Waals surface area contributed by atoms with Crippen LogP contribution in [0.3, 0.4) is 0 Å². The highest BCUT2D eigenvalue weighted by Gasteiger charge is 2.11. The van der Waals surface area contributed by atoms with Crippen LogP contribution in [0.5, 0.6) is 11.6 Å². The Bertz CT molecular complexity index is 564. The van der Waals surface area contributed by atoms with E-state index in [1.807, 2.05) is 42.5 Å². The molecule has 3 nitrogen and oxygen atoms in total. The number of benzene rings is 1. The SMILES string of the molecule is CC(C)(C)Nc1cccc(Oc2ccccc2Br)n1. The molecule has 1 aromatic carbocycles. The minimum atomic E-state index is -0.0288. The van der Waals surface area contributed by atoms with Crippen LogP contribution < -0.4 is 10.1 Å². The van der Waals surface area contributed by atoms with E-state index in [9.17, 15) is 0 Å². The molecule has 0 aliphatic rings. The summed E-state index contributed by atoms with van der Waals surface area (Å²) in [6.45, 7) is 6.28. The van der Waals surface area contributed by atoms with Gasteiger partial charge in [0.15, 0.2) is 0 Å². The molecule has 0 amide bonds. The van der Waals surface area contributed by atoms with Crippen LogP contribution >= 0.6 is 15.9 Å². The number of nitrogens with zero attached hydrogens (tertiary/aromatic N) is 1. The van der Waals surface area contributed by atoms with E-state index in [2.05, 4.69) is 47.0 Å². The summed E-state index contributed by atoms with van der Waals surface area (Å²) in [5.74, 6) is 2.13. The second kappa shape index (κ2) is 5.61. The quantitative estimate of drug-likeness (QED) is 0.878. The Labute approximate surface area is 122 Å². The molecular weight excluding hydrogens is 304 g/mol. The summed E-state index contributed by atoms with van der Waals surface area (Å²) in [4.78, 5) is 4.44. The molecule has 1 aromatic heterocycles. The van der Waals surface area contributed by atoms with Gasteiger partial charge >= 0.3 is 0 Å². The first-order valence-corrected chi connectivity index (χ1v) is 6.91. The fourth-order valence-electron chi connectivity index (χ4n) is 1.57. The summed E-state index contributed by atoms with van der Waals surface area (Å²) < 4.78 is 6.67. The van der Waals surface area contributed by atoms with E-state index >= 15 is 0 Å². The molecule has 0 spiro atoms. The van der Waals surface area contributed by atoms with Crippen LogP contribution in [0.4, 0.5) is 5.82 Å². The average molecular weight is 321 g/mol. The smallest absolute Gasteiger partial charge is 0.221 e. The molecule has 0 aliphatic carbocycles. The van der Waals surface area contributed by atoms with E-state index in [0.29, 0.717) is 5.88 Å². The van der Waals surface area contributed by atoms with Gasteiger partial charge in [-0.25, -0.2) is 0 Å². The van der Waals surface area contributed by atoms with Crippen LogP contribution in [0, 0.1) is 0 Å². The standard InChI is InChI=1S/C15H17BrN2O/c1-15(2,3)18-13-9-6-10-14(17-13)19-12-8-5-4-7-11(12)16/h4-10H,1-3H3,(H,17,18). The molecule has 4 heteroatoms. The van der Waals surface area contributed by atoms with Gasteiger partial charge in [0.1, 0.15) is 11.6 Å².